The van der Waals surface area contributed by atoms with Crippen LogP contribution >= 0.6 is 0 Å². The second-order valence-corrected chi connectivity index (χ2v) is 5.90. The van der Waals surface area contributed by atoms with Crippen molar-refractivity contribution < 1.29 is 4.79 Å². The lowest BCUT2D eigenvalue weighted by molar-refractivity contribution is 0.0775. The van der Waals surface area contributed by atoms with E-state index in [2.05, 4.69) is 20.2 Å². The molecule has 0 aromatic carbocycles. The van der Waals surface area contributed by atoms with E-state index in [0.29, 0.717) is 11.5 Å². The Morgan fingerprint density at radius 1 is 1.21 bits per heavy atom. The molecule has 0 saturated heterocycles. The van der Waals surface area contributed by atoms with Gasteiger partial charge in [0.25, 0.3) is 11.5 Å². The Labute approximate surface area is 137 Å². The van der Waals surface area contributed by atoms with E-state index in [9.17, 15) is 9.59 Å². The smallest absolute Gasteiger partial charge is 0.293 e. The number of hydrogen-bond donors (Lipinski definition) is 2. The highest BCUT2D eigenvalue weighted by Gasteiger charge is 2.17. The molecule has 9 nitrogen and oxygen atoms in total. The number of aromatic amines is 2. The third-order valence-corrected chi connectivity index (χ3v) is 3.60. The highest BCUT2D eigenvalue weighted by Crippen LogP contribution is 2.09. The minimum absolute atomic E-state index is 0.151. The largest absolute Gasteiger partial charge is 0.353 e. The zero-order valence-electron chi connectivity index (χ0n) is 13.8. The van der Waals surface area contributed by atoms with Crippen molar-refractivity contribution in [3.05, 3.63) is 52.1 Å². The summed E-state index contributed by atoms with van der Waals surface area (Å²) in [5.74, 6) is 0.369. The van der Waals surface area contributed by atoms with E-state index in [0.717, 1.165) is 12.2 Å². The average Bonchev–Trinajstić information content (AvgIpc) is 3.14. The predicted octanol–water partition coefficient (Wildman–Crippen LogP) is 0.0795. The van der Waals surface area contributed by atoms with Gasteiger partial charge in [-0.3, -0.25) is 14.0 Å². The molecule has 3 heterocycles. The van der Waals surface area contributed by atoms with Gasteiger partial charge in [-0.15, -0.1) is 10.2 Å². The van der Waals surface area contributed by atoms with Gasteiger partial charge in [0.05, 0.1) is 6.54 Å². The minimum Gasteiger partial charge on any atom is -0.353 e. The normalized spacial score (nSPS) is 11.3. The summed E-state index contributed by atoms with van der Waals surface area (Å²) in [6.07, 6.45) is 3.18. The maximum absolute atomic E-state index is 12.5. The van der Waals surface area contributed by atoms with Crippen LogP contribution in [-0.4, -0.2) is 61.4 Å². The van der Waals surface area contributed by atoms with Crippen LogP contribution in [0, 0.1) is 0 Å². The summed E-state index contributed by atoms with van der Waals surface area (Å²) in [5.41, 5.74) is 1.38. The third kappa shape index (κ3) is 3.06. The highest BCUT2D eigenvalue weighted by molar-refractivity contribution is 5.92. The predicted molar refractivity (Wildman–Crippen MR) is 87.6 cm³/mol. The zero-order valence-corrected chi connectivity index (χ0v) is 13.8. The molecule has 0 unspecified atom stereocenters. The number of nitrogens with one attached hydrogen (secondary N) is 2. The van der Waals surface area contributed by atoms with Crippen molar-refractivity contribution in [2.75, 3.05) is 21.1 Å². The molecule has 0 radical (unpaired) electrons. The molecule has 0 spiro atoms. The van der Waals surface area contributed by atoms with Crippen molar-refractivity contribution in [1.29, 1.82) is 0 Å². The van der Waals surface area contributed by atoms with Gasteiger partial charge in [0, 0.05) is 31.7 Å². The maximum atomic E-state index is 12.5. The summed E-state index contributed by atoms with van der Waals surface area (Å²) in [6.45, 7) is 0.972. The van der Waals surface area contributed by atoms with E-state index < -0.39 is 0 Å². The number of nitrogens with zero attached hydrogens (tertiary/aromatic N) is 5. The summed E-state index contributed by atoms with van der Waals surface area (Å²) in [6, 6.07) is 3.66. The van der Waals surface area contributed by atoms with Gasteiger partial charge in [-0.25, -0.2) is 0 Å². The zero-order chi connectivity index (χ0) is 17.3. The van der Waals surface area contributed by atoms with Crippen LogP contribution in [0.2, 0.25) is 0 Å². The van der Waals surface area contributed by atoms with E-state index in [1.165, 1.54) is 11.1 Å². The number of rotatable bonds is 5. The number of hydrogen-bond acceptors (Lipinski definition) is 5. The van der Waals surface area contributed by atoms with Crippen LogP contribution in [0.5, 0.6) is 0 Å². The van der Waals surface area contributed by atoms with Gasteiger partial charge in [0.1, 0.15) is 5.69 Å². The fourth-order valence-electron chi connectivity index (χ4n) is 2.48. The molecule has 0 fully saturated rings. The number of H-pyrrole nitrogens is 2. The van der Waals surface area contributed by atoms with Gasteiger partial charge in [-0.05, 0) is 26.2 Å². The van der Waals surface area contributed by atoms with Crippen molar-refractivity contribution in [1.82, 2.24) is 34.4 Å². The van der Waals surface area contributed by atoms with E-state index in [-0.39, 0.29) is 23.7 Å². The quantitative estimate of drug-likeness (QED) is 0.690. The lowest BCUT2D eigenvalue weighted by atomic mass is 10.3. The molecule has 24 heavy (non-hydrogen) atoms. The van der Waals surface area contributed by atoms with Crippen LogP contribution in [0.3, 0.4) is 0 Å². The fourth-order valence-corrected chi connectivity index (χ4v) is 2.48. The monoisotopic (exact) mass is 329 g/mol. The molecule has 9 heteroatoms. The van der Waals surface area contributed by atoms with Crippen LogP contribution in [0.1, 0.15) is 22.0 Å². The van der Waals surface area contributed by atoms with Crippen molar-refractivity contribution >= 4 is 11.6 Å². The summed E-state index contributed by atoms with van der Waals surface area (Å²) < 4.78 is 1.58. The fraction of sp³-hybridized carbons (Fsp3) is 0.333. The first kappa shape index (κ1) is 15.9. The molecule has 3 aromatic rings. The van der Waals surface area contributed by atoms with Crippen LogP contribution in [0.4, 0.5) is 0 Å². The first-order chi connectivity index (χ1) is 11.5. The molecule has 0 bridgehead atoms. The topological polar surface area (TPSA) is 102 Å². The summed E-state index contributed by atoms with van der Waals surface area (Å²) in [5, 5.41) is 7.86. The van der Waals surface area contributed by atoms with Crippen molar-refractivity contribution in [2.24, 2.45) is 0 Å². The van der Waals surface area contributed by atoms with Crippen molar-refractivity contribution in [2.45, 2.75) is 13.1 Å². The molecular formula is C15H19N7O2. The molecule has 0 atom stereocenters. The van der Waals surface area contributed by atoms with E-state index >= 15 is 0 Å². The summed E-state index contributed by atoms with van der Waals surface area (Å²) >= 11 is 0. The van der Waals surface area contributed by atoms with E-state index in [1.54, 1.807) is 23.7 Å². The molecule has 0 aliphatic carbocycles. The van der Waals surface area contributed by atoms with E-state index in [1.807, 2.05) is 25.1 Å². The Hall–Kier alpha value is -2.94. The van der Waals surface area contributed by atoms with Gasteiger partial charge in [0.15, 0.2) is 5.82 Å². The molecule has 2 N–H and O–H groups in total. The Morgan fingerprint density at radius 3 is 2.75 bits per heavy atom. The number of aromatic nitrogens is 5. The van der Waals surface area contributed by atoms with Crippen LogP contribution in [0.15, 0.2) is 29.3 Å². The van der Waals surface area contributed by atoms with Gasteiger partial charge in [0.2, 0.25) is 5.65 Å². The van der Waals surface area contributed by atoms with Crippen LogP contribution in [0.25, 0.3) is 5.65 Å². The Balaban J connectivity index is 1.77. The number of fused-ring (bicyclic) bond motifs is 1. The minimum atomic E-state index is -0.317. The molecule has 0 aliphatic heterocycles. The Kier molecular flexibility index (Phi) is 4.17. The van der Waals surface area contributed by atoms with E-state index in [4.69, 9.17) is 0 Å². The number of carbonyl (C=O) groups excluding carboxylic acids is 1. The summed E-state index contributed by atoms with van der Waals surface area (Å²) in [4.78, 5) is 33.4. The molecule has 3 aromatic heterocycles. The van der Waals surface area contributed by atoms with Gasteiger partial charge >= 0.3 is 0 Å². The Bertz CT molecular complexity index is 921. The van der Waals surface area contributed by atoms with Gasteiger partial charge < -0.3 is 19.8 Å². The molecular weight excluding hydrogens is 310 g/mol. The second-order valence-electron chi connectivity index (χ2n) is 5.90. The van der Waals surface area contributed by atoms with Crippen LogP contribution in [-0.2, 0) is 13.1 Å². The standard InChI is InChI=1S/C15H19N7O2/c1-20(2)8-10-4-5-11(17-10)15(24)21(3)9-12-18-19-13-14(23)16-6-7-22(12)13/h4-7,17H,8-9H2,1-3H3,(H,16,23). The van der Waals surface area contributed by atoms with Gasteiger partial charge in [-0.2, -0.15) is 0 Å². The molecule has 0 aliphatic rings. The number of carbonyl (C=O) groups is 1. The highest BCUT2D eigenvalue weighted by atomic mass is 16.2. The lowest BCUT2D eigenvalue weighted by Crippen LogP contribution is -2.27. The lowest BCUT2D eigenvalue weighted by Gasteiger charge is -2.15. The van der Waals surface area contributed by atoms with Crippen molar-refractivity contribution in [3.63, 3.8) is 0 Å². The molecule has 126 valence electrons. The van der Waals surface area contributed by atoms with Gasteiger partial charge in [-0.1, -0.05) is 0 Å². The van der Waals surface area contributed by atoms with Crippen LogP contribution < -0.4 is 5.56 Å². The Morgan fingerprint density at radius 2 is 2.00 bits per heavy atom. The first-order valence-electron chi connectivity index (χ1n) is 7.45. The molecule has 3 rings (SSSR count). The first-order valence-corrected chi connectivity index (χ1v) is 7.45. The number of amides is 1. The average molecular weight is 329 g/mol. The third-order valence-electron chi connectivity index (χ3n) is 3.60. The maximum Gasteiger partial charge on any atom is 0.293 e. The second kappa shape index (κ2) is 6.28. The SMILES string of the molecule is CN(C)Cc1ccc(C(=O)N(C)Cc2nnc3c(=O)[nH]ccn23)[nH]1. The summed E-state index contributed by atoms with van der Waals surface area (Å²) in [7, 11) is 5.61. The van der Waals surface area contributed by atoms with Crippen molar-refractivity contribution in [3.8, 4) is 0 Å². The molecule has 0 saturated carbocycles. The molecule has 1 amide bonds.